The van der Waals surface area contributed by atoms with E-state index in [0.717, 1.165) is 15.2 Å². The van der Waals surface area contributed by atoms with Crippen molar-refractivity contribution >= 4 is 44.7 Å². The van der Waals surface area contributed by atoms with Gasteiger partial charge in [-0.2, -0.15) is 0 Å². The Labute approximate surface area is 154 Å². The third-order valence-electron chi connectivity index (χ3n) is 3.93. The number of rotatable bonds is 5. The van der Waals surface area contributed by atoms with E-state index in [1.165, 1.54) is 18.2 Å². The molecule has 0 radical (unpaired) electrons. The summed E-state index contributed by atoms with van der Waals surface area (Å²) in [7, 11) is 1.84. The lowest BCUT2D eigenvalue weighted by molar-refractivity contribution is -0.117. The minimum atomic E-state index is -0.553. The van der Waals surface area contributed by atoms with Crippen LogP contribution >= 0.6 is 22.9 Å². The number of halogens is 2. The number of hydrogen-bond donors (Lipinski definition) is 1. The van der Waals surface area contributed by atoms with E-state index in [1.807, 2.05) is 43.1 Å². The Morgan fingerprint density at radius 3 is 2.84 bits per heavy atom. The summed E-state index contributed by atoms with van der Waals surface area (Å²) >= 11 is 7.32. The van der Waals surface area contributed by atoms with E-state index in [1.54, 1.807) is 11.3 Å². The maximum absolute atomic E-state index is 13.8. The molecule has 0 aliphatic rings. The second-order valence-corrected chi connectivity index (χ2v) is 7.28. The molecule has 0 fully saturated rings. The molecule has 25 heavy (non-hydrogen) atoms. The summed E-state index contributed by atoms with van der Waals surface area (Å²) in [6.07, 6.45) is 0. The van der Waals surface area contributed by atoms with Crippen molar-refractivity contribution in [3.8, 4) is 0 Å². The largest absolute Gasteiger partial charge is 0.322 e. The summed E-state index contributed by atoms with van der Waals surface area (Å²) in [5, 5.41) is 3.80. The molecule has 0 spiro atoms. The van der Waals surface area contributed by atoms with Crippen molar-refractivity contribution in [2.24, 2.45) is 0 Å². The lowest BCUT2D eigenvalue weighted by atomic mass is 10.3. The van der Waals surface area contributed by atoms with Crippen molar-refractivity contribution in [1.82, 2.24) is 9.88 Å². The molecule has 1 atom stereocenters. The van der Waals surface area contributed by atoms with Gasteiger partial charge in [0.2, 0.25) is 5.91 Å². The highest BCUT2D eigenvalue weighted by atomic mass is 35.5. The number of benzene rings is 2. The molecule has 1 N–H and O–H groups in total. The van der Waals surface area contributed by atoms with E-state index in [0.29, 0.717) is 0 Å². The number of aromatic nitrogens is 1. The standard InChI is InChI=1S/C18H17ClFN3OS/c1-11(18-22-15-5-3-4-6-16(15)25-18)23(2)10-17(24)21-14-8-7-12(19)9-13(14)20/h3-9,11H,10H2,1-2H3,(H,21,24). The number of carbonyl (C=O) groups is 1. The van der Waals surface area contributed by atoms with Gasteiger partial charge in [-0.3, -0.25) is 9.69 Å². The monoisotopic (exact) mass is 377 g/mol. The van der Waals surface area contributed by atoms with Crippen molar-refractivity contribution in [3.63, 3.8) is 0 Å². The molecule has 1 unspecified atom stereocenters. The first-order valence-corrected chi connectivity index (χ1v) is 8.94. The van der Waals surface area contributed by atoms with E-state index in [9.17, 15) is 9.18 Å². The summed E-state index contributed by atoms with van der Waals surface area (Å²) in [4.78, 5) is 18.7. The van der Waals surface area contributed by atoms with Crippen LogP contribution in [-0.2, 0) is 4.79 Å². The molecule has 2 aromatic carbocycles. The third kappa shape index (κ3) is 4.15. The topological polar surface area (TPSA) is 45.2 Å². The van der Waals surface area contributed by atoms with Gasteiger partial charge in [0, 0.05) is 5.02 Å². The zero-order chi connectivity index (χ0) is 18.0. The van der Waals surface area contributed by atoms with Gasteiger partial charge in [-0.1, -0.05) is 23.7 Å². The number of para-hydroxylation sites is 1. The van der Waals surface area contributed by atoms with Gasteiger partial charge in [0.1, 0.15) is 10.8 Å². The average Bonchev–Trinajstić information content (AvgIpc) is 3.00. The molecule has 4 nitrogen and oxygen atoms in total. The third-order valence-corrected chi connectivity index (χ3v) is 5.37. The fraction of sp³-hybridized carbons (Fsp3) is 0.222. The van der Waals surface area contributed by atoms with Crippen molar-refractivity contribution in [1.29, 1.82) is 0 Å². The summed E-state index contributed by atoms with van der Waals surface area (Å²) in [5.74, 6) is -0.848. The normalized spacial score (nSPS) is 12.5. The number of thiazole rings is 1. The lowest BCUT2D eigenvalue weighted by Crippen LogP contribution is -2.32. The van der Waals surface area contributed by atoms with Crippen molar-refractivity contribution < 1.29 is 9.18 Å². The summed E-state index contributed by atoms with van der Waals surface area (Å²) in [6, 6.07) is 12.1. The van der Waals surface area contributed by atoms with E-state index in [4.69, 9.17) is 11.6 Å². The molecule has 0 saturated heterocycles. The number of nitrogens with one attached hydrogen (secondary N) is 1. The molecule has 0 aliphatic heterocycles. The molecule has 0 aliphatic carbocycles. The minimum absolute atomic E-state index is 0.0294. The minimum Gasteiger partial charge on any atom is -0.322 e. The second kappa shape index (κ2) is 7.47. The molecule has 0 saturated carbocycles. The smallest absolute Gasteiger partial charge is 0.238 e. The van der Waals surface area contributed by atoms with Crippen molar-refractivity contribution in [2.75, 3.05) is 18.9 Å². The van der Waals surface area contributed by atoms with Gasteiger partial charge < -0.3 is 5.32 Å². The van der Waals surface area contributed by atoms with Gasteiger partial charge >= 0.3 is 0 Å². The van der Waals surface area contributed by atoms with Crippen LogP contribution < -0.4 is 5.32 Å². The highest BCUT2D eigenvalue weighted by Crippen LogP contribution is 2.28. The van der Waals surface area contributed by atoms with Crippen LogP contribution in [0, 0.1) is 5.82 Å². The maximum Gasteiger partial charge on any atom is 0.238 e. The van der Waals surface area contributed by atoms with Gasteiger partial charge in [0.15, 0.2) is 0 Å². The average molecular weight is 378 g/mol. The number of fused-ring (bicyclic) bond motifs is 1. The van der Waals surface area contributed by atoms with Gasteiger partial charge in [0.05, 0.1) is 28.5 Å². The Morgan fingerprint density at radius 2 is 2.12 bits per heavy atom. The Kier molecular flexibility index (Phi) is 5.32. The highest BCUT2D eigenvalue weighted by molar-refractivity contribution is 7.18. The predicted octanol–water partition coefficient (Wildman–Crippen LogP) is 4.72. The molecular formula is C18H17ClFN3OS. The number of nitrogens with zero attached hydrogens (tertiary/aromatic N) is 2. The van der Waals surface area contributed by atoms with Gasteiger partial charge in [-0.15, -0.1) is 11.3 Å². The van der Waals surface area contributed by atoms with Crippen LogP contribution in [-0.4, -0.2) is 29.4 Å². The number of likely N-dealkylation sites (N-methyl/N-ethyl adjacent to an activating group) is 1. The second-order valence-electron chi connectivity index (χ2n) is 5.78. The first-order valence-electron chi connectivity index (χ1n) is 7.74. The molecule has 7 heteroatoms. The molecule has 1 aromatic heterocycles. The van der Waals surface area contributed by atoms with E-state index < -0.39 is 5.82 Å². The molecule has 1 amide bonds. The highest BCUT2D eigenvalue weighted by Gasteiger charge is 2.19. The quantitative estimate of drug-likeness (QED) is 0.699. The lowest BCUT2D eigenvalue weighted by Gasteiger charge is -2.22. The summed E-state index contributed by atoms with van der Waals surface area (Å²) < 4.78 is 14.9. The van der Waals surface area contributed by atoms with Crippen LogP contribution in [0.3, 0.4) is 0 Å². The Morgan fingerprint density at radius 1 is 1.36 bits per heavy atom. The number of carbonyl (C=O) groups excluding carboxylic acids is 1. The van der Waals surface area contributed by atoms with Crippen LogP contribution in [0.25, 0.3) is 10.2 Å². The van der Waals surface area contributed by atoms with Gasteiger partial charge in [-0.05, 0) is 44.3 Å². The number of anilines is 1. The zero-order valence-electron chi connectivity index (χ0n) is 13.8. The van der Waals surface area contributed by atoms with Crippen LogP contribution in [0.15, 0.2) is 42.5 Å². The van der Waals surface area contributed by atoms with Crippen molar-refractivity contribution in [3.05, 3.63) is 58.3 Å². The molecular weight excluding hydrogens is 361 g/mol. The summed E-state index contributed by atoms with van der Waals surface area (Å²) in [5.41, 5.74) is 1.07. The Balaban J connectivity index is 1.66. The van der Waals surface area contributed by atoms with E-state index >= 15 is 0 Å². The molecule has 130 valence electrons. The molecule has 1 heterocycles. The summed E-state index contributed by atoms with van der Waals surface area (Å²) in [6.45, 7) is 2.12. The van der Waals surface area contributed by atoms with Crippen LogP contribution in [0.5, 0.6) is 0 Å². The predicted molar refractivity (Wildman–Crippen MR) is 101 cm³/mol. The fourth-order valence-corrected chi connectivity index (χ4v) is 3.64. The number of hydrogen-bond acceptors (Lipinski definition) is 4. The van der Waals surface area contributed by atoms with E-state index in [-0.39, 0.29) is 29.2 Å². The van der Waals surface area contributed by atoms with E-state index in [2.05, 4.69) is 10.3 Å². The molecule has 3 aromatic rings. The van der Waals surface area contributed by atoms with Crippen molar-refractivity contribution in [2.45, 2.75) is 13.0 Å². The number of amides is 1. The first-order chi connectivity index (χ1) is 11.9. The Bertz CT molecular complexity index is 881. The molecule has 3 rings (SSSR count). The van der Waals surface area contributed by atoms with Gasteiger partial charge in [-0.25, -0.2) is 9.37 Å². The van der Waals surface area contributed by atoms with Crippen LogP contribution in [0.1, 0.15) is 18.0 Å². The van der Waals surface area contributed by atoms with Crippen LogP contribution in [0.2, 0.25) is 5.02 Å². The Hall–Kier alpha value is -2.02. The first kappa shape index (κ1) is 17.8. The molecule has 0 bridgehead atoms. The maximum atomic E-state index is 13.8. The van der Waals surface area contributed by atoms with Crippen LogP contribution in [0.4, 0.5) is 10.1 Å². The van der Waals surface area contributed by atoms with Gasteiger partial charge in [0.25, 0.3) is 0 Å². The SMILES string of the molecule is CC(c1nc2ccccc2s1)N(C)CC(=O)Nc1ccc(Cl)cc1F. The fourth-order valence-electron chi connectivity index (χ4n) is 2.40. The zero-order valence-corrected chi connectivity index (χ0v) is 15.4.